The van der Waals surface area contributed by atoms with Gasteiger partial charge in [0.2, 0.25) is 0 Å². The molecule has 0 aromatic carbocycles. The highest BCUT2D eigenvalue weighted by Crippen LogP contribution is 2.32. The topological polar surface area (TPSA) is 95.4 Å². The summed E-state index contributed by atoms with van der Waals surface area (Å²) in [4.78, 5) is 25.0. The third-order valence-electron chi connectivity index (χ3n) is 3.20. The molecule has 1 saturated heterocycles. The van der Waals surface area contributed by atoms with Crippen LogP contribution >= 0.6 is 11.8 Å². The number of carbonyl (C=O) groups excluding carboxylic acids is 1. The van der Waals surface area contributed by atoms with Gasteiger partial charge in [-0.1, -0.05) is 13.3 Å². The van der Waals surface area contributed by atoms with E-state index in [4.69, 9.17) is 0 Å². The molecule has 2 heterocycles. The van der Waals surface area contributed by atoms with Crippen molar-refractivity contribution in [2.75, 3.05) is 5.75 Å². The second kappa shape index (κ2) is 7.26. The Labute approximate surface area is 127 Å². The Balaban J connectivity index is 2.01. The Hall–Kier alpha value is -1.83. The number of aromatic nitrogens is 2. The molecule has 1 aliphatic heterocycles. The Morgan fingerprint density at radius 1 is 1.57 bits per heavy atom. The average molecular weight is 310 g/mol. The summed E-state index contributed by atoms with van der Waals surface area (Å²) in [6.45, 7) is 2.25. The number of nitrogens with one attached hydrogen (secondary N) is 1. The zero-order valence-corrected chi connectivity index (χ0v) is 12.5. The monoisotopic (exact) mass is 310 g/mol. The lowest BCUT2D eigenvalue weighted by atomic mass is 10.2. The van der Waals surface area contributed by atoms with E-state index >= 15 is 0 Å². The van der Waals surface area contributed by atoms with Gasteiger partial charge >= 0.3 is 12.0 Å². The number of carboxylic acid groups (broad SMARTS) is 1. The normalized spacial score (nSPS) is 21.3. The molecule has 2 atom stereocenters. The third kappa shape index (κ3) is 3.84. The first kappa shape index (κ1) is 15.6. The summed E-state index contributed by atoms with van der Waals surface area (Å²) in [5, 5.41) is 19.5. The molecule has 114 valence electrons. The van der Waals surface area contributed by atoms with Crippen LogP contribution in [0.1, 0.15) is 25.5 Å². The van der Waals surface area contributed by atoms with Gasteiger partial charge in [0.25, 0.3) is 0 Å². The molecule has 1 fully saturated rings. The molecule has 21 heavy (non-hydrogen) atoms. The van der Waals surface area contributed by atoms with Gasteiger partial charge in [0.1, 0.15) is 6.04 Å². The van der Waals surface area contributed by atoms with Crippen LogP contribution in [0.2, 0.25) is 0 Å². The van der Waals surface area contributed by atoms with Gasteiger partial charge in [-0.05, 0) is 18.6 Å². The van der Waals surface area contributed by atoms with Gasteiger partial charge in [0.15, 0.2) is 0 Å². The van der Waals surface area contributed by atoms with Crippen molar-refractivity contribution < 1.29 is 14.7 Å². The van der Waals surface area contributed by atoms with Crippen LogP contribution in [0.15, 0.2) is 18.3 Å². The summed E-state index contributed by atoms with van der Waals surface area (Å²) in [6.07, 6.45) is 3.24. The third-order valence-corrected chi connectivity index (χ3v) is 4.55. The molecule has 1 aromatic rings. The van der Waals surface area contributed by atoms with Crippen LogP contribution in [0.3, 0.4) is 0 Å². The van der Waals surface area contributed by atoms with Crippen molar-refractivity contribution in [2.24, 2.45) is 0 Å². The SMILES string of the molecule is CCCC1SCC(C(=O)O)N1C(=O)NCc1cccnn1. The quantitative estimate of drug-likeness (QED) is 0.851. The minimum absolute atomic E-state index is 0.0852. The van der Waals surface area contributed by atoms with Crippen molar-refractivity contribution >= 4 is 23.8 Å². The van der Waals surface area contributed by atoms with Gasteiger partial charge in [-0.25, -0.2) is 9.59 Å². The molecule has 0 aliphatic carbocycles. The van der Waals surface area contributed by atoms with E-state index in [9.17, 15) is 14.7 Å². The molecule has 1 aromatic heterocycles. The van der Waals surface area contributed by atoms with Crippen LogP contribution in [0.5, 0.6) is 0 Å². The van der Waals surface area contributed by atoms with Crippen molar-refractivity contribution in [1.82, 2.24) is 20.4 Å². The summed E-state index contributed by atoms with van der Waals surface area (Å²) >= 11 is 1.52. The number of nitrogens with zero attached hydrogens (tertiary/aromatic N) is 3. The number of carboxylic acids is 1. The zero-order valence-electron chi connectivity index (χ0n) is 11.7. The standard InChI is InChI=1S/C13H18N4O3S/c1-2-4-11-17(10(8-21-11)12(18)19)13(20)14-7-9-5-3-6-15-16-9/h3,5-6,10-11H,2,4,7-8H2,1H3,(H,14,20)(H,18,19). The molecule has 2 N–H and O–H groups in total. The fourth-order valence-corrected chi connectivity index (χ4v) is 3.69. The van der Waals surface area contributed by atoms with Gasteiger partial charge in [-0.2, -0.15) is 10.2 Å². The van der Waals surface area contributed by atoms with Gasteiger partial charge in [0.05, 0.1) is 17.6 Å². The van der Waals surface area contributed by atoms with E-state index in [1.54, 1.807) is 18.3 Å². The lowest BCUT2D eigenvalue weighted by Crippen LogP contribution is -2.50. The number of carbonyl (C=O) groups is 2. The van der Waals surface area contributed by atoms with Crippen molar-refractivity contribution in [3.63, 3.8) is 0 Å². The number of urea groups is 1. The number of aliphatic carboxylic acids is 1. The highest BCUT2D eigenvalue weighted by atomic mass is 32.2. The Bertz CT molecular complexity index is 499. The molecule has 0 spiro atoms. The highest BCUT2D eigenvalue weighted by molar-refractivity contribution is 8.00. The Morgan fingerprint density at radius 2 is 2.38 bits per heavy atom. The Kier molecular flexibility index (Phi) is 5.38. The van der Waals surface area contributed by atoms with E-state index < -0.39 is 12.0 Å². The fraction of sp³-hybridized carbons (Fsp3) is 0.538. The maximum Gasteiger partial charge on any atom is 0.327 e. The smallest absolute Gasteiger partial charge is 0.327 e. The van der Waals surface area contributed by atoms with Crippen molar-refractivity contribution in [3.8, 4) is 0 Å². The van der Waals surface area contributed by atoms with Crippen molar-refractivity contribution in [1.29, 1.82) is 0 Å². The number of hydrogen-bond donors (Lipinski definition) is 2. The summed E-state index contributed by atoms with van der Waals surface area (Å²) in [5.74, 6) is -0.533. The number of hydrogen-bond acceptors (Lipinski definition) is 5. The molecular formula is C13H18N4O3S. The molecule has 1 aliphatic rings. The Morgan fingerprint density at radius 3 is 3.00 bits per heavy atom. The number of amides is 2. The second-order valence-electron chi connectivity index (χ2n) is 4.71. The lowest BCUT2D eigenvalue weighted by molar-refractivity contribution is -0.141. The summed E-state index contributed by atoms with van der Waals surface area (Å²) in [6, 6.07) is 2.36. The van der Waals surface area contributed by atoms with Crippen LogP contribution in [-0.4, -0.2) is 49.4 Å². The minimum atomic E-state index is -0.962. The zero-order chi connectivity index (χ0) is 15.2. The highest BCUT2D eigenvalue weighted by Gasteiger charge is 2.41. The molecule has 2 rings (SSSR count). The van der Waals surface area contributed by atoms with Gasteiger partial charge in [0, 0.05) is 11.9 Å². The fourth-order valence-electron chi connectivity index (χ4n) is 2.18. The number of rotatable bonds is 5. The van der Waals surface area contributed by atoms with Crippen LogP contribution in [0, 0.1) is 0 Å². The first-order chi connectivity index (χ1) is 10.1. The molecule has 0 radical (unpaired) electrons. The predicted molar refractivity (Wildman–Crippen MR) is 78.7 cm³/mol. The van der Waals surface area contributed by atoms with Crippen LogP contribution < -0.4 is 5.32 Å². The summed E-state index contributed by atoms with van der Waals surface area (Å²) < 4.78 is 0. The summed E-state index contributed by atoms with van der Waals surface area (Å²) in [7, 11) is 0. The largest absolute Gasteiger partial charge is 0.480 e. The van der Waals surface area contributed by atoms with E-state index in [1.165, 1.54) is 16.7 Å². The van der Waals surface area contributed by atoms with Gasteiger partial charge in [-0.15, -0.1) is 11.8 Å². The minimum Gasteiger partial charge on any atom is -0.480 e. The van der Waals surface area contributed by atoms with E-state index in [0.717, 1.165) is 12.8 Å². The van der Waals surface area contributed by atoms with Crippen LogP contribution in [0.25, 0.3) is 0 Å². The average Bonchev–Trinajstić information content (AvgIpc) is 2.90. The second-order valence-corrected chi connectivity index (χ2v) is 5.92. The van der Waals surface area contributed by atoms with E-state index in [2.05, 4.69) is 15.5 Å². The molecule has 2 amide bonds. The van der Waals surface area contributed by atoms with Gasteiger partial charge in [-0.3, -0.25) is 4.90 Å². The first-order valence-electron chi connectivity index (χ1n) is 6.80. The molecule has 8 heteroatoms. The van der Waals surface area contributed by atoms with Crippen molar-refractivity contribution in [3.05, 3.63) is 24.0 Å². The molecule has 7 nitrogen and oxygen atoms in total. The maximum absolute atomic E-state index is 12.3. The van der Waals surface area contributed by atoms with Crippen LogP contribution in [-0.2, 0) is 11.3 Å². The molecular weight excluding hydrogens is 292 g/mol. The molecule has 0 bridgehead atoms. The summed E-state index contributed by atoms with van der Waals surface area (Å²) in [5.41, 5.74) is 0.636. The van der Waals surface area contributed by atoms with E-state index in [0.29, 0.717) is 11.4 Å². The van der Waals surface area contributed by atoms with Crippen LogP contribution in [0.4, 0.5) is 4.79 Å². The predicted octanol–water partition coefficient (Wildman–Crippen LogP) is 1.31. The number of thioether (sulfide) groups is 1. The van der Waals surface area contributed by atoms with Gasteiger partial charge < -0.3 is 10.4 Å². The van der Waals surface area contributed by atoms with E-state index in [1.807, 2.05) is 6.92 Å². The van der Waals surface area contributed by atoms with E-state index in [-0.39, 0.29) is 17.9 Å². The van der Waals surface area contributed by atoms with Crippen molar-refractivity contribution in [2.45, 2.75) is 37.7 Å². The lowest BCUT2D eigenvalue weighted by Gasteiger charge is -2.27. The first-order valence-corrected chi connectivity index (χ1v) is 7.85. The molecule has 2 unspecified atom stereocenters. The maximum atomic E-state index is 12.3. The molecule has 0 saturated carbocycles.